The van der Waals surface area contributed by atoms with E-state index in [1.807, 2.05) is 0 Å². The number of aliphatic carboxylic acids is 2. The molecule has 0 bridgehead atoms. The fourth-order valence-corrected chi connectivity index (χ4v) is 2.49. The average Bonchev–Trinajstić information content (AvgIpc) is 2.50. The molecule has 0 radical (unpaired) electrons. The Bertz CT molecular complexity index is 398. The lowest BCUT2D eigenvalue weighted by atomic mass is 10.00. The molecular formula is C20H34O4. The molecule has 138 valence electrons. The van der Waals surface area contributed by atoms with Crippen LogP contribution in [0.15, 0.2) is 24.3 Å². The van der Waals surface area contributed by atoms with E-state index in [1.54, 1.807) is 0 Å². The maximum absolute atomic E-state index is 10.4. The van der Waals surface area contributed by atoms with Crippen molar-refractivity contribution in [1.29, 1.82) is 0 Å². The zero-order valence-electron chi connectivity index (χ0n) is 15.2. The molecule has 4 nitrogen and oxygen atoms in total. The van der Waals surface area contributed by atoms with Crippen molar-refractivity contribution in [3.63, 3.8) is 0 Å². The van der Waals surface area contributed by atoms with Crippen LogP contribution in [0.5, 0.6) is 0 Å². The van der Waals surface area contributed by atoms with Crippen molar-refractivity contribution in [3.8, 4) is 0 Å². The van der Waals surface area contributed by atoms with Gasteiger partial charge in [0.2, 0.25) is 0 Å². The van der Waals surface area contributed by atoms with Gasteiger partial charge >= 0.3 is 11.9 Å². The summed E-state index contributed by atoms with van der Waals surface area (Å²) in [4.78, 5) is 20.8. The van der Waals surface area contributed by atoms with Crippen LogP contribution in [0.25, 0.3) is 0 Å². The number of unbranched alkanes of at least 4 members (excludes halogenated alkanes) is 4. The number of rotatable bonds is 15. The molecule has 0 rings (SSSR count). The number of hydrogen-bond acceptors (Lipinski definition) is 2. The van der Waals surface area contributed by atoms with E-state index in [2.05, 4.69) is 38.2 Å². The highest BCUT2D eigenvalue weighted by Gasteiger charge is 2.01. The molecule has 2 N–H and O–H groups in total. The second-order valence-corrected chi connectivity index (χ2v) is 6.68. The fourth-order valence-electron chi connectivity index (χ4n) is 2.49. The van der Waals surface area contributed by atoms with Crippen LogP contribution in [0, 0.1) is 11.8 Å². The summed E-state index contributed by atoms with van der Waals surface area (Å²) in [5.41, 5.74) is 0. The van der Waals surface area contributed by atoms with Crippen LogP contribution in [-0.2, 0) is 9.59 Å². The molecule has 24 heavy (non-hydrogen) atoms. The van der Waals surface area contributed by atoms with E-state index in [0.717, 1.165) is 51.4 Å². The second-order valence-electron chi connectivity index (χ2n) is 6.68. The molecule has 4 heteroatoms. The Hall–Kier alpha value is -1.58. The number of carbonyl (C=O) groups is 2. The van der Waals surface area contributed by atoms with Gasteiger partial charge in [0.25, 0.3) is 0 Å². The zero-order chi connectivity index (χ0) is 18.2. The van der Waals surface area contributed by atoms with E-state index in [1.165, 1.54) is 0 Å². The van der Waals surface area contributed by atoms with Gasteiger partial charge in [-0.05, 0) is 50.4 Å². The highest BCUT2D eigenvalue weighted by atomic mass is 16.4. The normalized spacial score (nSPS) is 14.2. The van der Waals surface area contributed by atoms with Crippen LogP contribution in [0.2, 0.25) is 0 Å². The standard InChI is InChI=1S/C20H34O4/c1-17(11-6-4-3-5-7-15-19(21)22)13-10-14-18(2)12-8-9-16-20(23)24/h6,10-11,14,17-18H,3-5,7-9,12-13,15-16H2,1-2H3,(H,21,22)(H,23,24). The van der Waals surface area contributed by atoms with Gasteiger partial charge in [0.15, 0.2) is 0 Å². The van der Waals surface area contributed by atoms with Gasteiger partial charge in [0.1, 0.15) is 0 Å². The first kappa shape index (κ1) is 22.4. The van der Waals surface area contributed by atoms with Crippen LogP contribution >= 0.6 is 0 Å². The van der Waals surface area contributed by atoms with Crippen molar-refractivity contribution in [3.05, 3.63) is 24.3 Å². The Labute approximate surface area is 146 Å². The molecule has 0 saturated heterocycles. The Morgan fingerprint density at radius 3 is 2.00 bits per heavy atom. The third kappa shape index (κ3) is 16.8. The predicted octanol–water partition coefficient (Wildman–Crippen LogP) is 5.44. The van der Waals surface area contributed by atoms with Gasteiger partial charge in [0.05, 0.1) is 0 Å². The minimum atomic E-state index is -0.708. The summed E-state index contributed by atoms with van der Waals surface area (Å²) < 4.78 is 0. The lowest BCUT2D eigenvalue weighted by Crippen LogP contribution is -1.96. The molecule has 0 fully saturated rings. The van der Waals surface area contributed by atoms with Crippen molar-refractivity contribution in [2.45, 2.75) is 78.1 Å². The SMILES string of the molecule is CC(C=CCCCCCC(=O)O)CC=CC(C)CCCCC(=O)O. The minimum Gasteiger partial charge on any atom is -0.481 e. The molecule has 0 aromatic rings. The van der Waals surface area contributed by atoms with Gasteiger partial charge in [-0.3, -0.25) is 9.59 Å². The van der Waals surface area contributed by atoms with Gasteiger partial charge in [0, 0.05) is 12.8 Å². The maximum atomic E-state index is 10.4. The first-order valence-electron chi connectivity index (χ1n) is 9.18. The Morgan fingerprint density at radius 1 is 0.792 bits per heavy atom. The quantitative estimate of drug-likeness (QED) is 0.308. The third-order valence-electron chi connectivity index (χ3n) is 4.00. The van der Waals surface area contributed by atoms with E-state index in [9.17, 15) is 9.59 Å². The lowest BCUT2D eigenvalue weighted by Gasteiger charge is -2.06. The number of carboxylic acids is 2. The first-order valence-corrected chi connectivity index (χ1v) is 9.18. The van der Waals surface area contributed by atoms with Gasteiger partial charge in [-0.1, -0.05) is 51.0 Å². The molecule has 0 heterocycles. The Balaban J connectivity index is 3.64. The van der Waals surface area contributed by atoms with Crippen LogP contribution in [-0.4, -0.2) is 22.2 Å². The van der Waals surface area contributed by atoms with E-state index in [-0.39, 0.29) is 12.8 Å². The van der Waals surface area contributed by atoms with E-state index < -0.39 is 11.9 Å². The fraction of sp³-hybridized carbons (Fsp3) is 0.700. The summed E-state index contributed by atoms with van der Waals surface area (Å²) >= 11 is 0. The van der Waals surface area contributed by atoms with Crippen LogP contribution in [0.4, 0.5) is 0 Å². The van der Waals surface area contributed by atoms with Gasteiger partial charge in [-0.25, -0.2) is 0 Å². The summed E-state index contributed by atoms with van der Waals surface area (Å²) in [6.45, 7) is 4.37. The molecule has 0 amide bonds. The summed E-state index contributed by atoms with van der Waals surface area (Å²) in [7, 11) is 0. The molecule has 0 aromatic carbocycles. The second kappa shape index (κ2) is 15.0. The monoisotopic (exact) mass is 338 g/mol. The van der Waals surface area contributed by atoms with Crippen LogP contribution in [0.1, 0.15) is 78.1 Å². The average molecular weight is 338 g/mol. The van der Waals surface area contributed by atoms with Crippen LogP contribution in [0.3, 0.4) is 0 Å². The molecular weight excluding hydrogens is 304 g/mol. The van der Waals surface area contributed by atoms with E-state index >= 15 is 0 Å². The molecule has 0 saturated carbocycles. The largest absolute Gasteiger partial charge is 0.481 e. The number of hydrogen-bond donors (Lipinski definition) is 2. The summed E-state index contributed by atoms with van der Waals surface area (Å²) in [6, 6.07) is 0. The first-order chi connectivity index (χ1) is 11.4. The highest BCUT2D eigenvalue weighted by molar-refractivity contribution is 5.66. The van der Waals surface area contributed by atoms with Crippen LogP contribution < -0.4 is 0 Å². The van der Waals surface area contributed by atoms with E-state index in [0.29, 0.717) is 11.8 Å². The van der Waals surface area contributed by atoms with Gasteiger partial charge < -0.3 is 10.2 Å². The molecule has 2 unspecified atom stereocenters. The Kier molecular flexibility index (Phi) is 14.0. The lowest BCUT2D eigenvalue weighted by molar-refractivity contribution is -0.138. The van der Waals surface area contributed by atoms with Crippen molar-refractivity contribution in [1.82, 2.24) is 0 Å². The van der Waals surface area contributed by atoms with Crippen molar-refractivity contribution in [2.75, 3.05) is 0 Å². The summed E-state index contributed by atoms with van der Waals surface area (Å²) in [5.74, 6) is -0.397. The molecule has 0 aliphatic carbocycles. The molecule has 0 aliphatic heterocycles. The topological polar surface area (TPSA) is 74.6 Å². The number of carboxylic acid groups (broad SMARTS) is 2. The van der Waals surface area contributed by atoms with Crippen molar-refractivity contribution >= 4 is 11.9 Å². The van der Waals surface area contributed by atoms with Gasteiger partial charge in [-0.15, -0.1) is 0 Å². The summed E-state index contributed by atoms with van der Waals surface area (Å²) in [5, 5.41) is 17.1. The Morgan fingerprint density at radius 2 is 1.38 bits per heavy atom. The molecule has 0 aromatic heterocycles. The maximum Gasteiger partial charge on any atom is 0.303 e. The molecule has 0 aliphatic rings. The summed E-state index contributed by atoms with van der Waals surface area (Å²) in [6.07, 6.45) is 17.1. The van der Waals surface area contributed by atoms with Gasteiger partial charge in [-0.2, -0.15) is 0 Å². The van der Waals surface area contributed by atoms with Crippen molar-refractivity contribution in [2.24, 2.45) is 11.8 Å². The molecule has 2 atom stereocenters. The number of allylic oxidation sites excluding steroid dienone is 4. The zero-order valence-corrected chi connectivity index (χ0v) is 15.2. The van der Waals surface area contributed by atoms with E-state index in [4.69, 9.17) is 10.2 Å². The van der Waals surface area contributed by atoms with Crippen molar-refractivity contribution < 1.29 is 19.8 Å². The smallest absolute Gasteiger partial charge is 0.303 e. The predicted molar refractivity (Wildman–Crippen MR) is 98.0 cm³/mol. The minimum absolute atomic E-state index is 0.272. The third-order valence-corrected chi connectivity index (χ3v) is 4.00. The molecule has 0 spiro atoms. The highest BCUT2D eigenvalue weighted by Crippen LogP contribution is 2.13.